The zero-order valence-corrected chi connectivity index (χ0v) is 49.0. The summed E-state index contributed by atoms with van der Waals surface area (Å²) in [4.78, 5) is 5.16. The fraction of sp³-hybridized carbons (Fsp3) is 0.297. The van der Waals surface area contributed by atoms with E-state index in [1.54, 1.807) is 0 Å². The Kier molecular flexibility index (Phi) is 12.8. The molecule has 0 N–H and O–H groups in total. The molecule has 3 aliphatic heterocycles. The Balaban J connectivity index is 1.16. The number of hydrogen-bond acceptors (Lipinski definition) is 4. The molecule has 5 heteroatoms. The van der Waals surface area contributed by atoms with E-state index in [2.05, 4.69) is 270 Å². The van der Waals surface area contributed by atoms with Crippen LogP contribution < -0.4 is 35.7 Å². The third-order valence-electron chi connectivity index (χ3n) is 17.1. The summed E-state index contributed by atoms with van der Waals surface area (Å²) < 4.78 is 13.6. The number of rotatable bonds is 6. The quantitative estimate of drug-likeness (QED) is 0.155. The molecule has 3 heterocycles. The molecule has 0 radical (unpaired) electrons. The van der Waals surface area contributed by atoms with Gasteiger partial charge in [-0.2, -0.15) is 0 Å². The minimum absolute atomic E-state index is 0.0410. The smallest absolute Gasteiger partial charge is 0.252 e. The third-order valence-corrected chi connectivity index (χ3v) is 17.1. The van der Waals surface area contributed by atoms with Crippen LogP contribution in [0.15, 0.2) is 175 Å². The van der Waals surface area contributed by atoms with Crippen molar-refractivity contribution in [1.29, 1.82) is 0 Å². The lowest BCUT2D eigenvalue weighted by atomic mass is 9.33. The van der Waals surface area contributed by atoms with Gasteiger partial charge in [-0.15, -0.1) is 0 Å². The average molecular weight is 1040 g/mol. The minimum Gasteiger partial charge on any atom is -0.489 e. The normalized spacial score (nSPS) is 15.2. The van der Waals surface area contributed by atoms with Crippen LogP contribution in [0.25, 0.3) is 39.0 Å². The van der Waals surface area contributed by atoms with E-state index < -0.39 is 0 Å². The van der Waals surface area contributed by atoms with Gasteiger partial charge in [0.05, 0.1) is 24.6 Å². The lowest BCUT2D eigenvalue weighted by molar-refractivity contribution is 0.297. The van der Waals surface area contributed by atoms with Crippen LogP contribution >= 0.6 is 0 Å². The summed E-state index contributed by atoms with van der Waals surface area (Å²) >= 11 is 0. The summed E-state index contributed by atoms with van der Waals surface area (Å²) in [5, 5.41) is 0. The second-order valence-electron chi connectivity index (χ2n) is 26.9. The van der Waals surface area contributed by atoms with E-state index in [-0.39, 0.29) is 28.4 Å². The van der Waals surface area contributed by atoms with Gasteiger partial charge in [-0.05, 0) is 174 Å². The van der Waals surface area contributed by atoms with Gasteiger partial charge in [0, 0.05) is 34.7 Å². The summed E-state index contributed by atoms with van der Waals surface area (Å²) in [7, 11) is 0. The van der Waals surface area contributed by atoms with Crippen LogP contribution in [0, 0.1) is 12.3 Å². The Morgan fingerprint density at radius 3 is 1.66 bits per heavy atom. The first kappa shape index (κ1) is 52.2. The third kappa shape index (κ3) is 9.62. The van der Waals surface area contributed by atoms with Gasteiger partial charge in [0.2, 0.25) is 0 Å². The van der Waals surface area contributed by atoms with Crippen molar-refractivity contribution in [3.63, 3.8) is 0 Å². The molecular weight excluding hydrogens is 960 g/mol. The van der Waals surface area contributed by atoms with E-state index in [0.29, 0.717) is 13.2 Å². The van der Waals surface area contributed by atoms with Gasteiger partial charge >= 0.3 is 0 Å². The minimum atomic E-state index is -0.124. The summed E-state index contributed by atoms with van der Waals surface area (Å²) in [6.07, 6.45) is 7.65. The van der Waals surface area contributed by atoms with Crippen LogP contribution in [-0.2, 0) is 16.2 Å². The van der Waals surface area contributed by atoms with Gasteiger partial charge in [0.1, 0.15) is 0 Å². The summed E-state index contributed by atoms with van der Waals surface area (Å²) in [6, 6.07) is 60.7. The Bertz CT molecular complexity index is 3740. The van der Waals surface area contributed by atoms with E-state index in [9.17, 15) is 0 Å². The van der Waals surface area contributed by atoms with Crippen LogP contribution in [0.1, 0.15) is 130 Å². The molecule has 8 aromatic rings. The fourth-order valence-electron chi connectivity index (χ4n) is 12.5. The van der Waals surface area contributed by atoms with Gasteiger partial charge < -0.3 is 19.3 Å². The van der Waals surface area contributed by atoms with Crippen molar-refractivity contribution in [3.8, 4) is 44.9 Å². The topological polar surface area (TPSA) is 24.9 Å². The highest BCUT2D eigenvalue weighted by Gasteiger charge is 2.46. The Morgan fingerprint density at radius 1 is 0.430 bits per heavy atom. The highest BCUT2D eigenvalue weighted by atomic mass is 16.5. The number of allylic oxidation sites excluding steroid dienone is 4. The maximum atomic E-state index is 6.99. The van der Waals surface area contributed by atoms with Crippen molar-refractivity contribution in [2.24, 2.45) is 5.41 Å². The van der Waals surface area contributed by atoms with Gasteiger partial charge in [0.15, 0.2) is 11.5 Å². The van der Waals surface area contributed by atoms with Gasteiger partial charge in [0.25, 0.3) is 6.71 Å². The predicted octanol–water partition coefficient (Wildman–Crippen LogP) is 18.3. The van der Waals surface area contributed by atoms with Crippen LogP contribution in [0.3, 0.4) is 0 Å². The molecule has 0 bridgehead atoms. The molecule has 4 nitrogen and oxygen atoms in total. The highest BCUT2D eigenvalue weighted by molar-refractivity contribution is 7.00. The standard InChI is InChI=1S/C74H77BN2O2/c1-47-40-65-68-66(41-47)77(63-36-33-58(74(11,12)13)46-60(63)51-18-15-14-16-19-51)69-62(35-37-67-70(69)79-39-17-38-78-67)75(68)61-34-26-52(48-20-27-55(28-21-48)71(2,3)4)45-64(61)76(65)59-43-53(49-22-29-56(30-23-49)72(5,6)7)42-54(44-59)50-24-31-57(32-25-50)73(8,9)10/h14-16,18-24,26-31,33-37,40-46H,17,25,32,38-39H2,1-13H3. The van der Waals surface area contributed by atoms with E-state index in [1.807, 2.05) is 0 Å². The van der Waals surface area contributed by atoms with Crippen LogP contribution in [-0.4, -0.2) is 19.9 Å². The molecular formula is C74H77BN2O2. The Labute approximate surface area is 471 Å². The maximum absolute atomic E-state index is 6.99. The maximum Gasteiger partial charge on any atom is 0.252 e. The first-order valence-corrected chi connectivity index (χ1v) is 28.9. The number of hydrogen-bond donors (Lipinski definition) is 0. The van der Waals surface area contributed by atoms with Gasteiger partial charge in [-0.25, -0.2) is 0 Å². The summed E-state index contributed by atoms with van der Waals surface area (Å²) in [5.74, 6) is 1.60. The molecule has 0 spiro atoms. The highest BCUT2D eigenvalue weighted by Crippen LogP contribution is 2.53. The predicted molar refractivity (Wildman–Crippen MR) is 338 cm³/mol. The first-order valence-electron chi connectivity index (χ1n) is 28.9. The molecule has 0 saturated heterocycles. The molecule has 0 unspecified atom stereocenters. The molecule has 0 aromatic heterocycles. The molecule has 12 rings (SSSR count). The van der Waals surface area contributed by atoms with Gasteiger partial charge in [-0.1, -0.05) is 204 Å². The van der Waals surface area contributed by atoms with E-state index in [4.69, 9.17) is 9.47 Å². The second kappa shape index (κ2) is 19.4. The Hall–Kier alpha value is -7.50. The lowest BCUT2D eigenvalue weighted by Gasteiger charge is -2.45. The zero-order chi connectivity index (χ0) is 55.3. The number of anilines is 6. The number of nitrogens with zero attached hydrogens (tertiary/aromatic N) is 2. The molecule has 1 aliphatic carbocycles. The molecule has 4 aliphatic rings. The van der Waals surface area contributed by atoms with Crippen LogP contribution in [0.2, 0.25) is 0 Å². The molecule has 398 valence electrons. The first-order chi connectivity index (χ1) is 37.6. The van der Waals surface area contributed by atoms with E-state index >= 15 is 0 Å². The number of benzene rings is 8. The number of ether oxygens (including phenoxy) is 2. The second-order valence-corrected chi connectivity index (χ2v) is 26.9. The van der Waals surface area contributed by atoms with Crippen LogP contribution in [0.5, 0.6) is 11.5 Å². The number of fused-ring (bicyclic) bond motifs is 6. The molecule has 8 aromatic carbocycles. The van der Waals surface area contributed by atoms with E-state index in [0.717, 1.165) is 53.5 Å². The largest absolute Gasteiger partial charge is 0.489 e. The van der Waals surface area contributed by atoms with Crippen molar-refractivity contribution in [2.45, 2.75) is 126 Å². The van der Waals surface area contributed by atoms with E-state index in [1.165, 1.54) is 100 Å². The van der Waals surface area contributed by atoms with Crippen LogP contribution in [0.4, 0.5) is 34.1 Å². The molecule has 0 amide bonds. The van der Waals surface area contributed by atoms with Crippen molar-refractivity contribution in [1.82, 2.24) is 0 Å². The molecule has 0 atom stereocenters. The monoisotopic (exact) mass is 1040 g/mol. The summed E-state index contributed by atoms with van der Waals surface area (Å²) in [5.41, 5.74) is 27.1. The lowest BCUT2D eigenvalue weighted by Crippen LogP contribution is -2.61. The summed E-state index contributed by atoms with van der Waals surface area (Å²) in [6.45, 7) is 31.1. The SMILES string of the molecule is Cc1cc2c3c(c1)N(c1ccc(C(C)(C)C)cc1-c1ccccc1)c1c(ccc4c1OCCCO4)B3c1ccc(-c3ccc(C(C)(C)C)cc3)cc1N2c1cc(C2=CC=C(C(C)(C)C)CC2)cc(-c2ccc(C(C)(C)C)cc2)c1. The van der Waals surface area contributed by atoms with Crippen molar-refractivity contribution < 1.29 is 9.47 Å². The molecule has 0 fully saturated rings. The molecule has 0 saturated carbocycles. The zero-order valence-electron chi connectivity index (χ0n) is 49.0. The number of aryl methyl sites for hydroxylation is 1. The fourth-order valence-corrected chi connectivity index (χ4v) is 12.5. The van der Waals surface area contributed by atoms with Gasteiger partial charge in [-0.3, -0.25) is 0 Å². The average Bonchev–Trinajstić information content (AvgIpc) is 3.76. The van der Waals surface area contributed by atoms with Crippen molar-refractivity contribution >= 4 is 62.8 Å². The molecule has 79 heavy (non-hydrogen) atoms. The van der Waals surface area contributed by atoms with Crippen molar-refractivity contribution in [2.75, 3.05) is 23.0 Å². The Morgan fingerprint density at radius 2 is 1.03 bits per heavy atom. The van der Waals surface area contributed by atoms with Crippen molar-refractivity contribution in [3.05, 3.63) is 203 Å².